The Hall–Kier alpha value is -3.38. The molecule has 4 amide bonds. The summed E-state index contributed by atoms with van der Waals surface area (Å²) in [6.45, 7) is 7.00. The summed E-state index contributed by atoms with van der Waals surface area (Å²) in [5, 5.41) is 4.24. The van der Waals surface area contributed by atoms with E-state index in [2.05, 4.69) is 17.3 Å². The third-order valence-electron chi connectivity index (χ3n) is 6.26. The van der Waals surface area contributed by atoms with Crippen LogP contribution in [0.15, 0.2) is 48.2 Å². The van der Waals surface area contributed by atoms with Gasteiger partial charge in [-0.1, -0.05) is 24.3 Å². The van der Waals surface area contributed by atoms with Gasteiger partial charge in [0.05, 0.1) is 42.6 Å². The molecule has 12 heteroatoms. The van der Waals surface area contributed by atoms with E-state index in [0.717, 1.165) is 6.07 Å². The zero-order valence-corrected chi connectivity index (χ0v) is 19.1. The van der Waals surface area contributed by atoms with E-state index in [1.807, 2.05) is 0 Å². The normalized spacial score (nSPS) is 22.1. The molecule has 4 rings (SSSR count). The maximum absolute atomic E-state index is 13.8. The Balaban J connectivity index is 1.67. The van der Waals surface area contributed by atoms with E-state index in [4.69, 9.17) is 4.74 Å². The predicted octanol–water partition coefficient (Wildman–Crippen LogP) is 1.81. The molecule has 0 saturated carbocycles. The molecular weight excluding hydrogens is 467 g/mol. The van der Waals surface area contributed by atoms with Gasteiger partial charge in [0.1, 0.15) is 6.04 Å². The van der Waals surface area contributed by atoms with E-state index in [9.17, 15) is 27.6 Å². The van der Waals surface area contributed by atoms with Crippen LogP contribution in [0.3, 0.4) is 0 Å². The molecule has 3 aliphatic rings. The highest BCUT2D eigenvalue weighted by Gasteiger charge is 2.48. The number of urea groups is 1. The predicted molar refractivity (Wildman–Crippen MR) is 118 cm³/mol. The number of benzene rings is 1. The number of carbonyl (C=O) groups is 3. The maximum Gasteiger partial charge on any atom is 0.416 e. The molecule has 0 unspecified atom stereocenters. The fraction of sp³-hybridized carbons (Fsp3) is 0.435. The number of ether oxygens (including phenoxy) is 1. The van der Waals surface area contributed by atoms with Crippen LogP contribution in [0.1, 0.15) is 24.1 Å². The molecule has 2 N–H and O–H groups in total. The molecule has 3 heterocycles. The van der Waals surface area contributed by atoms with Crippen LogP contribution in [0.4, 0.5) is 18.0 Å². The van der Waals surface area contributed by atoms with Crippen LogP contribution in [0.25, 0.3) is 0 Å². The second kappa shape index (κ2) is 9.70. The summed E-state index contributed by atoms with van der Waals surface area (Å²) in [6.07, 6.45) is -3.23. The molecule has 0 aliphatic carbocycles. The largest absolute Gasteiger partial charge is 0.416 e. The molecule has 1 aromatic rings. The zero-order valence-electron chi connectivity index (χ0n) is 19.1. The quantitative estimate of drug-likeness (QED) is 0.590. The van der Waals surface area contributed by atoms with Crippen molar-refractivity contribution in [3.63, 3.8) is 0 Å². The zero-order chi connectivity index (χ0) is 25.3. The first-order valence-corrected chi connectivity index (χ1v) is 11.2. The highest BCUT2D eigenvalue weighted by Crippen LogP contribution is 2.41. The minimum absolute atomic E-state index is 0.00849. The van der Waals surface area contributed by atoms with Crippen LogP contribution < -0.4 is 10.7 Å². The average Bonchev–Trinajstić information content (AvgIpc) is 3.17. The summed E-state index contributed by atoms with van der Waals surface area (Å²) in [6, 6.07) is 1.92. The Labute approximate surface area is 200 Å². The number of alkyl halides is 3. The molecule has 35 heavy (non-hydrogen) atoms. The molecule has 0 radical (unpaired) electrons. The van der Waals surface area contributed by atoms with Gasteiger partial charge in [-0.25, -0.2) is 9.80 Å². The van der Waals surface area contributed by atoms with E-state index >= 15 is 0 Å². The van der Waals surface area contributed by atoms with E-state index in [0.29, 0.717) is 26.3 Å². The maximum atomic E-state index is 13.8. The van der Waals surface area contributed by atoms with Gasteiger partial charge in [-0.3, -0.25) is 19.9 Å². The number of rotatable bonds is 6. The lowest BCUT2D eigenvalue weighted by Gasteiger charge is -2.33. The summed E-state index contributed by atoms with van der Waals surface area (Å²) < 4.78 is 46.5. The summed E-state index contributed by atoms with van der Waals surface area (Å²) in [5.74, 6) is -1.05. The minimum Gasteiger partial charge on any atom is -0.379 e. The third-order valence-corrected chi connectivity index (χ3v) is 6.26. The summed E-state index contributed by atoms with van der Waals surface area (Å²) >= 11 is 0. The van der Waals surface area contributed by atoms with Crippen LogP contribution in [-0.4, -0.2) is 78.1 Å². The van der Waals surface area contributed by atoms with Gasteiger partial charge in [0.15, 0.2) is 0 Å². The van der Waals surface area contributed by atoms with Crippen LogP contribution in [0, 0.1) is 0 Å². The number of morpholine rings is 1. The number of nitrogens with one attached hydrogen (secondary N) is 2. The van der Waals surface area contributed by atoms with E-state index in [1.165, 1.54) is 41.0 Å². The molecule has 0 spiro atoms. The van der Waals surface area contributed by atoms with Crippen LogP contribution >= 0.6 is 0 Å². The summed E-state index contributed by atoms with van der Waals surface area (Å²) in [7, 11) is 0. The van der Waals surface area contributed by atoms with Gasteiger partial charge in [-0.15, -0.1) is 6.58 Å². The fourth-order valence-electron chi connectivity index (χ4n) is 4.45. The Bertz CT molecular complexity index is 1070. The number of amides is 4. The molecule has 2 atom stereocenters. The monoisotopic (exact) mass is 493 g/mol. The Kier molecular flexibility index (Phi) is 6.86. The van der Waals surface area contributed by atoms with Crippen molar-refractivity contribution in [1.29, 1.82) is 0 Å². The molecule has 1 aromatic carbocycles. The fourth-order valence-corrected chi connectivity index (χ4v) is 4.45. The van der Waals surface area contributed by atoms with Crippen molar-refractivity contribution in [3.05, 3.63) is 59.3 Å². The number of halogens is 3. The topological polar surface area (TPSA) is 94.2 Å². The number of hydrogen-bond acceptors (Lipinski definition) is 5. The SMILES string of the molecule is C=CCN1C(=O)N[C@@H](c2ccccc2C(F)(F)F)C2=C1CN([C@@H](C)C(=O)NN1CCOCC1)C2=O. The van der Waals surface area contributed by atoms with Gasteiger partial charge in [0.25, 0.3) is 11.8 Å². The average molecular weight is 493 g/mol. The van der Waals surface area contributed by atoms with Crippen molar-refractivity contribution in [1.82, 2.24) is 25.6 Å². The second-order valence-corrected chi connectivity index (χ2v) is 8.41. The lowest BCUT2D eigenvalue weighted by Crippen LogP contribution is -2.54. The molecule has 0 aromatic heterocycles. The van der Waals surface area contributed by atoms with E-state index < -0.39 is 41.7 Å². The number of hydrogen-bond donors (Lipinski definition) is 2. The molecular formula is C23H26F3N5O4. The lowest BCUT2D eigenvalue weighted by molar-refractivity contribution is -0.140. The van der Waals surface area contributed by atoms with E-state index in [-0.39, 0.29) is 29.9 Å². The Morgan fingerprint density at radius 1 is 1.29 bits per heavy atom. The number of carbonyl (C=O) groups excluding carboxylic acids is 3. The molecule has 9 nitrogen and oxygen atoms in total. The Morgan fingerprint density at radius 3 is 2.63 bits per heavy atom. The highest BCUT2D eigenvalue weighted by atomic mass is 19.4. The number of nitrogens with zero attached hydrogens (tertiary/aromatic N) is 3. The van der Waals surface area contributed by atoms with Crippen molar-refractivity contribution in [2.24, 2.45) is 0 Å². The molecule has 3 aliphatic heterocycles. The third kappa shape index (κ3) is 4.76. The second-order valence-electron chi connectivity index (χ2n) is 8.41. The van der Waals surface area contributed by atoms with Gasteiger partial charge < -0.3 is 15.0 Å². The summed E-state index contributed by atoms with van der Waals surface area (Å²) in [5.41, 5.74) is 1.84. The molecule has 188 valence electrons. The lowest BCUT2D eigenvalue weighted by atomic mass is 9.91. The first kappa shape index (κ1) is 24.7. The van der Waals surface area contributed by atoms with Gasteiger partial charge in [-0.05, 0) is 18.6 Å². The molecule has 1 saturated heterocycles. The van der Waals surface area contributed by atoms with E-state index in [1.54, 1.807) is 5.01 Å². The highest BCUT2D eigenvalue weighted by molar-refractivity contribution is 6.03. The van der Waals surface area contributed by atoms with Crippen molar-refractivity contribution in [3.8, 4) is 0 Å². The first-order valence-electron chi connectivity index (χ1n) is 11.2. The minimum atomic E-state index is -4.69. The van der Waals surface area contributed by atoms with Crippen molar-refractivity contribution < 1.29 is 32.3 Å². The first-order chi connectivity index (χ1) is 16.6. The Morgan fingerprint density at radius 2 is 1.97 bits per heavy atom. The smallest absolute Gasteiger partial charge is 0.379 e. The molecule has 1 fully saturated rings. The van der Waals surface area contributed by atoms with Gasteiger partial charge >= 0.3 is 12.2 Å². The standard InChI is InChI=1S/C23H26F3N5O4/c1-3-8-30-17-13-31(14(2)20(32)28-29-9-11-35-12-10-29)21(33)18(17)19(27-22(30)34)15-6-4-5-7-16(15)23(24,25)26/h3-7,14,19H,1,8-13H2,2H3,(H,27,34)(H,28,32)/t14-,19-/m0/s1. The van der Waals surface area contributed by atoms with Crippen molar-refractivity contribution in [2.75, 3.05) is 39.4 Å². The van der Waals surface area contributed by atoms with Crippen molar-refractivity contribution in [2.45, 2.75) is 25.2 Å². The van der Waals surface area contributed by atoms with Crippen LogP contribution in [0.2, 0.25) is 0 Å². The van der Waals surface area contributed by atoms with Crippen LogP contribution in [-0.2, 0) is 20.5 Å². The summed E-state index contributed by atoms with van der Waals surface area (Å²) in [4.78, 5) is 41.8. The van der Waals surface area contributed by atoms with Gasteiger partial charge in [-0.2, -0.15) is 13.2 Å². The van der Waals surface area contributed by atoms with Gasteiger partial charge in [0.2, 0.25) is 0 Å². The molecule has 0 bridgehead atoms. The van der Waals surface area contributed by atoms with Crippen LogP contribution in [0.5, 0.6) is 0 Å². The van der Waals surface area contributed by atoms with Crippen molar-refractivity contribution >= 4 is 17.8 Å². The van der Waals surface area contributed by atoms with Gasteiger partial charge in [0, 0.05) is 19.6 Å². The number of hydrazine groups is 1.